The molecule has 2 rings (SSSR count). The maximum atomic E-state index is 12.5. The van der Waals surface area contributed by atoms with Crippen molar-refractivity contribution in [1.82, 2.24) is 4.90 Å². The van der Waals surface area contributed by atoms with E-state index in [4.69, 9.17) is 5.73 Å². The first-order valence-electron chi connectivity index (χ1n) is 6.54. The van der Waals surface area contributed by atoms with Crippen molar-refractivity contribution in [2.45, 2.75) is 19.4 Å². The van der Waals surface area contributed by atoms with E-state index in [-0.39, 0.29) is 12.5 Å². The molecule has 4 nitrogen and oxygen atoms in total. The summed E-state index contributed by atoms with van der Waals surface area (Å²) in [5, 5.41) is 11.4. The van der Waals surface area contributed by atoms with Crippen molar-refractivity contribution in [3.05, 3.63) is 42.0 Å². The number of likely N-dealkylation sites (N-methyl/N-ethyl adjacent to an activating group) is 1. The molecule has 0 atom stereocenters. The number of benzene rings is 2. The Bertz CT molecular complexity index is 650. The number of carbonyl (C=O) groups is 1. The standard InChI is InChI=1S/C16H20N2O2/c1-16(2,10-19)18(3)15(20)13-8-11-6-4-5-7-12(11)9-14(13)17/h4-9,19H,10,17H2,1-3H3. The van der Waals surface area contributed by atoms with Gasteiger partial charge in [0.1, 0.15) is 0 Å². The van der Waals surface area contributed by atoms with Crippen LogP contribution in [0.3, 0.4) is 0 Å². The van der Waals surface area contributed by atoms with Gasteiger partial charge in [0.15, 0.2) is 0 Å². The Morgan fingerprint density at radius 1 is 1.25 bits per heavy atom. The van der Waals surface area contributed by atoms with Crippen LogP contribution < -0.4 is 5.73 Å². The fraction of sp³-hybridized carbons (Fsp3) is 0.312. The van der Waals surface area contributed by atoms with Crippen molar-refractivity contribution in [2.24, 2.45) is 0 Å². The second kappa shape index (κ2) is 5.13. The van der Waals surface area contributed by atoms with Gasteiger partial charge in [-0.1, -0.05) is 24.3 Å². The normalized spacial score (nSPS) is 11.6. The summed E-state index contributed by atoms with van der Waals surface area (Å²) in [5.41, 5.74) is 6.29. The lowest BCUT2D eigenvalue weighted by Crippen LogP contribution is -2.47. The first kappa shape index (κ1) is 14.3. The maximum absolute atomic E-state index is 12.5. The van der Waals surface area contributed by atoms with E-state index in [9.17, 15) is 9.90 Å². The number of nitrogens with zero attached hydrogens (tertiary/aromatic N) is 1. The van der Waals surface area contributed by atoms with Crippen molar-refractivity contribution in [2.75, 3.05) is 19.4 Å². The fourth-order valence-corrected chi connectivity index (χ4v) is 2.00. The zero-order chi connectivity index (χ0) is 14.9. The van der Waals surface area contributed by atoms with Crippen molar-refractivity contribution in [1.29, 1.82) is 0 Å². The summed E-state index contributed by atoms with van der Waals surface area (Å²) in [7, 11) is 1.67. The summed E-state index contributed by atoms with van der Waals surface area (Å²) >= 11 is 0. The number of hydrogen-bond donors (Lipinski definition) is 2. The highest BCUT2D eigenvalue weighted by Gasteiger charge is 2.28. The maximum Gasteiger partial charge on any atom is 0.256 e. The molecule has 2 aromatic rings. The van der Waals surface area contributed by atoms with Gasteiger partial charge in [0.05, 0.1) is 17.7 Å². The number of hydrogen-bond acceptors (Lipinski definition) is 3. The largest absolute Gasteiger partial charge is 0.398 e. The van der Waals surface area contributed by atoms with Gasteiger partial charge >= 0.3 is 0 Å². The van der Waals surface area contributed by atoms with Gasteiger partial charge < -0.3 is 15.7 Å². The molecule has 0 bridgehead atoms. The lowest BCUT2D eigenvalue weighted by molar-refractivity contribution is 0.0474. The number of amides is 1. The molecule has 0 radical (unpaired) electrons. The average molecular weight is 272 g/mol. The molecular formula is C16H20N2O2. The molecule has 0 aliphatic carbocycles. The van der Waals surface area contributed by atoms with Crippen LogP contribution in [0.2, 0.25) is 0 Å². The Kier molecular flexibility index (Phi) is 3.68. The van der Waals surface area contributed by atoms with E-state index in [1.165, 1.54) is 4.90 Å². The lowest BCUT2D eigenvalue weighted by Gasteiger charge is -2.34. The summed E-state index contributed by atoms with van der Waals surface area (Å²) in [5.74, 6) is -0.188. The zero-order valence-corrected chi connectivity index (χ0v) is 12.1. The van der Waals surface area contributed by atoms with Crippen LogP contribution in [0.25, 0.3) is 10.8 Å². The first-order valence-corrected chi connectivity index (χ1v) is 6.54. The monoisotopic (exact) mass is 272 g/mol. The number of carbonyl (C=O) groups excluding carboxylic acids is 1. The summed E-state index contributed by atoms with van der Waals surface area (Å²) in [6.07, 6.45) is 0. The van der Waals surface area contributed by atoms with E-state index in [1.54, 1.807) is 13.1 Å². The van der Waals surface area contributed by atoms with Crippen molar-refractivity contribution >= 4 is 22.4 Å². The Hall–Kier alpha value is -2.07. The Balaban J connectivity index is 2.47. The van der Waals surface area contributed by atoms with E-state index in [0.717, 1.165) is 10.8 Å². The van der Waals surface area contributed by atoms with E-state index in [0.29, 0.717) is 11.3 Å². The minimum absolute atomic E-state index is 0.108. The molecule has 0 unspecified atom stereocenters. The number of aliphatic hydroxyl groups is 1. The van der Waals surface area contributed by atoms with Crippen LogP contribution in [0.5, 0.6) is 0 Å². The van der Waals surface area contributed by atoms with Gasteiger partial charge in [-0.05, 0) is 36.8 Å². The number of nitrogens with two attached hydrogens (primary N) is 1. The second-order valence-electron chi connectivity index (χ2n) is 5.62. The minimum Gasteiger partial charge on any atom is -0.398 e. The molecule has 0 aliphatic heterocycles. The van der Waals surface area contributed by atoms with Crippen LogP contribution in [0.15, 0.2) is 36.4 Å². The molecule has 4 heteroatoms. The third-order valence-electron chi connectivity index (χ3n) is 3.75. The van der Waals surface area contributed by atoms with Crippen LogP contribution in [0.1, 0.15) is 24.2 Å². The molecule has 0 aliphatic rings. The van der Waals surface area contributed by atoms with Crippen molar-refractivity contribution < 1.29 is 9.90 Å². The van der Waals surface area contributed by atoms with Crippen LogP contribution in [-0.2, 0) is 0 Å². The SMILES string of the molecule is CN(C(=O)c1cc2ccccc2cc1N)C(C)(C)CO. The Labute approximate surface area is 118 Å². The summed E-state index contributed by atoms with van der Waals surface area (Å²) in [6, 6.07) is 11.4. The molecule has 106 valence electrons. The predicted molar refractivity (Wildman–Crippen MR) is 81.6 cm³/mol. The summed E-state index contributed by atoms with van der Waals surface area (Å²) in [6.45, 7) is 3.51. The first-order chi connectivity index (χ1) is 9.36. The number of rotatable bonds is 3. The third-order valence-corrected chi connectivity index (χ3v) is 3.75. The Morgan fingerprint density at radius 2 is 1.80 bits per heavy atom. The zero-order valence-electron chi connectivity index (χ0n) is 12.1. The van der Waals surface area contributed by atoms with Gasteiger partial charge in [0, 0.05) is 12.7 Å². The summed E-state index contributed by atoms with van der Waals surface area (Å²) in [4.78, 5) is 14.1. The second-order valence-corrected chi connectivity index (χ2v) is 5.62. The molecule has 0 saturated carbocycles. The topological polar surface area (TPSA) is 66.6 Å². The van der Waals surface area contributed by atoms with Crippen LogP contribution in [-0.4, -0.2) is 35.1 Å². The molecule has 0 saturated heterocycles. The van der Waals surface area contributed by atoms with E-state index >= 15 is 0 Å². The minimum atomic E-state index is -0.630. The lowest BCUT2D eigenvalue weighted by atomic mass is 10.0. The van der Waals surface area contributed by atoms with Crippen molar-refractivity contribution in [3.8, 4) is 0 Å². The molecular weight excluding hydrogens is 252 g/mol. The molecule has 0 spiro atoms. The quantitative estimate of drug-likeness (QED) is 0.842. The van der Waals surface area contributed by atoms with Gasteiger partial charge in [0.2, 0.25) is 0 Å². The number of nitrogen functional groups attached to an aromatic ring is 1. The van der Waals surface area contributed by atoms with Gasteiger partial charge in [0.25, 0.3) is 5.91 Å². The van der Waals surface area contributed by atoms with E-state index in [1.807, 2.05) is 44.2 Å². The molecule has 2 aromatic carbocycles. The molecule has 0 heterocycles. The number of aliphatic hydroxyl groups excluding tert-OH is 1. The van der Waals surface area contributed by atoms with Crippen LogP contribution >= 0.6 is 0 Å². The highest BCUT2D eigenvalue weighted by Crippen LogP contribution is 2.24. The van der Waals surface area contributed by atoms with Crippen LogP contribution in [0.4, 0.5) is 5.69 Å². The summed E-state index contributed by atoms with van der Waals surface area (Å²) < 4.78 is 0. The predicted octanol–water partition coefficient (Wildman–Crippen LogP) is 2.26. The van der Waals surface area contributed by atoms with Gasteiger partial charge in [-0.15, -0.1) is 0 Å². The van der Waals surface area contributed by atoms with Crippen molar-refractivity contribution in [3.63, 3.8) is 0 Å². The van der Waals surface area contributed by atoms with Gasteiger partial charge in [-0.3, -0.25) is 4.79 Å². The molecule has 1 amide bonds. The highest BCUT2D eigenvalue weighted by atomic mass is 16.3. The van der Waals surface area contributed by atoms with E-state index < -0.39 is 5.54 Å². The average Bonchev–Trinajstić information content (AvgIpc) is 2.45. The van der Waals surface area contributed by atoms with Crippen LogP contribution in [0, 0.1) is 0 Å². The van der Waals surface area contributed by atoms with Gasteiger partial charge in [-0.25, -0.2) is 0 Å². The molecule has 20 heavy (non-hydrogen) atoms. The molecule has 0 aromatic heterocycles. The fourth-order valence-electron chi connectivity index (χ4n) is 2.00. The van der Waals surface area contributed by atoms with E-state index in [2.05, 4.69) is 0 Å². The highest BCUT2D eigenvalue weighted by molar-refractivity contribution is 6.04. The molecule has 0 fully saturated rings. The number of fused-ring (bicyclic) bond motifs is 1. The van der Waals surface area contributed by atoms with Gasteiger partial charge in [-0.2, -0.15) is 0 Å². The molecule has 3 N–H and O–H groups in total. The Morgan fingerprint density at radius 3 is 2.35 bits per heavy atom. The number of anilines is 1. The third kappa shape index (κ3) is 2.47. The smallest absolute Gasteiger partial charge is 0.256 e.